The third kappa shape index (κ3) is 4.49. The van der Waals surface area contributed by atoms with E-state index in [4.69, 9.17) is 9.15 Å². The Balaban J connectivity index is 1.36. The van der Waals surface area contributed by atoms with Gasteiger partial charge < -0.3 is 19.0 Å². The summed E-state index contributed by atoms with van der Waals surface area (Å²) in [5.41, 5.74) is 3.07. The Morgan fingerprint density at radius 2 is 2.03 bits per heavy atom. The predicted octanol–water partition coefficient (Wildman–Crippen LogP) is 4.63. The summed E-state index contributed by atoms with van der Waals surface area (Å²) in [7, 11) is 0. The van der Waals surface area contributed by atoms with Gasteiger partial charge in [-0.15, -0.1) is 0 Å². The summed E-state index contributed by atoms with van der Waals surface area (Å²) in [6.45, 7) is 1.90. The second kappa shape index (κ2) is 8.09. The number of alkyl carbamates (subject to hydrolysis) is 1. The van der Waals surface area contributed by atoms with Crippen LogP contribution in [0.3, 0.4) is 0 Å². The molecule has 0 bridgehead atoms. The molecule has 0 aliphatic heterocycles. The minimum atomic E-state index is -4.71. The molecule has 1 aromatic carbocycles. The predicted molar refractivity (Wildman–Crippen MR) is 101 cm³/mol. The van der Waals surface area contributed by atoms with E-state index in [1.165, 1.54) is 6.26 Å². The SMILES string of the molecule is Cc1cc(-c2noc(C(F)(F)F)n2)ccc1CNC(=O)OCc1cncc2ccoc12. The van der Waals surface area contributed by atoms with Crippen LogP contribution >= 0.6 is 0 Å². The van der Waals surface area contributed by atoms with E-state index >= 15 is 0 Å². The van der Waals surface area contributed by atoms with Gasteiger partial charge in [0.05, 0.1) is 11.8 Å². The second-order valence-corrected chi connectivity index (χ2v) is 6.63. The number of hydrogen-bond donors (Lipinski definition) is 1. The molecule has 0 atom stereocenters. The first-order valence-electron chi connectivity index (χ1n) is 9.03. The summed E-state index contributed by atoms with van der Waals surface area (Å²) in [4.78, 5) is 19.5. The normalized spacial score (nSPS) is 11.6. The first-order valence-corrected chi connectivity index (χ1v) is 9.03. The van der Waals surface area contributed by atoms with Gasteiger partial charge in [0, 0.05) is 29.9 Å². The van der Waals surface area contributed by atoms with Crippen molar-refractivity contribution < 1.29 is 31.6 Å². The average molecular weight is 432 g/mol. The Bertz CT molecular complexity index is 1230. The Hall–Kier alpha value is -3.89. The standard InChI is InChI=1S/C20H15F3N4O4/c1-11-6-12(17-26-18(31-27-17)20(21,22)23)2-3-13(11)9-25-19(28)30-10-15-8-24-7-14-4-5-29-16(14)15/h2-8H,9-10H2,1H3,(H,25,28). The minimum absolute atomic E-state index is 0.0129. The number of carbonyl (C=O) groups excluding carboxylic acids is 1. The van der Waals surface area contributed by atoms with Gasteiger partial charge in [-0.25, -0.2) is 4.79 Å². The van der Waals surface area contributed by atoms with Gasteiger partial charge in [0.15, 0.2) is 0 Å². The molecule has 0 aliphatic rings. The lowest BCUT2D eigenvalue weighted by atomic mass is 10.0. The number of hydrogen-bond acceptors (Lipinski definition) is 7. The van der Waals surface area contributed by atoms with Crippen LogP contribution in [-0.2, 0) is 24.1 Å². The number of halogens is 3. The molecule has 0 spiro atoms. The summed E-state index contributed by atoms with van der Waals surface area (Å²) in [6, 6.07) is 6.57. The highest BCUT2D eigenvalue weighted by molar-refractivity contribution is 5.79. The van der Waals surface area contributed by atoms with E-state index in [2.05, 4.69) is 25.0 Å². The van der Waals surface area contributed by atoms with Crippen LogP contribution in [0.2, 0.25) is 0 Å². The van der Waals surface area contributed by atoms with Crippen LogP contribution in [0.25, 0.3) is 22.4 Å². The lowest BCUT2D eigenvalue weighted by Gasteiger charge is -2.10. The molecule has 1 amide bonds. The molecular formula is C20H15F3N4O4. The van der Waals surface area contributed by atoms with Crippen LogP contribution in [-0.4, -0.2) is 21.2 Å². The van der Waals surface area contributed by atoms with Gasteiger partial charge in [0.25, 0.3) is 0 Å². The van der Waals surface area contributed by atoms with Crippen LogP contribution < -0.4 is 5.32 Å². The summed E-state index contributed by atoms with van der Waals surface area (Å²) < 4.78 is 52.6. The average Bonchev–Trinajstić information content (AvgIpc) is 3.40. The summed E-state index contributed by atoms with van der Waals surface area (Å²) >= 11 is 0. The van der Waals surface area contributed by atoms with E-state index < -0.39 is 18.2 Å². The molecule has 4 aromatic rings. The van der Waals surface area contributed by atoms with Crippen molar-refractivity contribution in [1.29, 1.82) is 0 Å². The molecule has 31 heavy (non-hydrogen) atoms. The number of aryl methyl sites for hydroxylation is 1. The number of ether oxygens (including phenoxy) is 1. The van der Waals surface area contributed by atoms with Crippen molar-refractivity contribution in [3.05, 3.63) is 65.5 Å². The zero-order chi connectivity index (χ0) is 22.0. The van der Waals surface area contributed by atoms with Gasteiger partial charge in [-0.2, -0.15) is 18.2 Å². The monoisotopic (exact) mass is 432 g/mol. The van der Waals surface area contributed by atoms with Crippen molar-refractivity contribution in [3.8, 4) is 11.4 Å². The highest BCUT2D eigenvalue weighted by Crippen LogP contribution is 2.29. The molecule has 0 radical (unpaired) electrons. The third-order valence-corrected chi connectivity index (χ3v) is 4.48. The molecule has 160 valence electrons. The number of aromatic nitrogens is 3. The number of benzene rings is 1. The van der Waals surface area contributed by atoms with Gasteiger partial charge in [-0.05, 0) is 30.2 Å². The zero-order valence-electron chi connectivity index (χ0n) is 16.1. The van der Waals surface area contributed by atoms with Crippen molar-refractivity contribution >= 4 is 17.1 Å². The van der Waals surface area contributed by atoms with E-state index in [-0.39, 0.29) is 19.0 Å². The quantitative estimate of drug-likeness (QED) is 0.490. The molecule has 3 heterocycles. The van der Waals surface area contributed by atoms with Crippen molar-refractivity contribution in [1.82, 2.24) is 20.4 Å². The second-order valence-electron chi connectivity index (χ2n) is 6.63. The van der Waals surface area contributed by atoms with E-state index in [9.17, 15) is 18.0 Å². The summed E-state index contributed by atoms with van der Waals surface area (Å²) in [6.07, 6.45) is -0.610. The van der Waals surface area contributed by atoms with Crippen LogP contribution in [0.15, 0.2) is 51.9 Å². The highest BCUT2D eigenvalue weighted by atomic mass is 19.4. The molecule has 11 heteroatoms. The first-order chi connectivity index (χ1) is 14.8. The molecule has 0 saturated carbocycles. The van der Waals surface area contributed by atoms with Crippen LogP contribution in [0.5, 0.6) is 0 Å². The van der Waals surface area contributed by atoms with Gasteiger partial charge >= 0.3 is 18.2 Å². The number of rotatable bonds is 5. The molecule has 8 nitrogen and oxygen atoms in total. The Morgan fingerprint density at radius 3 is 2.77 bits per heavy atom. The van der Waals surface area contributed by atoms with Crippen LogP contribution in [0, 0.1) is 6.92 Å². The summed E-state index contributed by atoms with van der Waals surface area (Å²) in [5, 5.41) is 6.79. The van der Waals surface area contributed by atoms with Crippen molar-refractivity contribution in [2.75, 3.05) is 0 Å². The lowest BCUT2D eigenvalue weighted by Crippen LogP contribution is -2.24. The number of fused-ring (bicyclic) bond motifs is 1. The molecule has 0 saturated heterocycles. The Kier molecular flexibility index (Phi) is 5.32. The number of amides is 1. The van der Waals surface area contributed by atoms with Gasteiger partial charge in [0.2, 0.25) is 5.82 Å². The fourth-order valence-corrected chi connectivity index (χ4v) is 2.90. The van der Waals surface area contributed by atoms with E-state index in [0.717, 1.165) is 16.5 Å². The van der Waals surface area contributed by atoms with E-state index in [1.807, 2.05) is 0 Å². The largest absolute Gasteiger partial charge is 0.471 e. The zero-order valence-corrected chi connectivity index (χ0v) is 16.1. The number of nitrogens with one attached hydrogen (secondary N) is 1. The fourth-order valence-electron chi connectivity index (χ4n) is 2.90. The summed E-state index contributed by atoms with van der Waals surface area (Å²) in [5.74, 6) is -1.58. The number of pyridine rings is 1. The smallest absolute Gasteiger partial charge is 0.464 e. The number of nitrogens with zero attached hydrogens (tertiary/aromatic N) is 3. The molecule has 0 aliphatic carbocycles. The third-order valence-electron chi connectivity index (χ3n) is 4.48. The van der Waals surface area contributed by atoms with Crippen LogP contribution in [0.1, 0.15) is 22.6 Å². The van der Waals surface area contributed by atoms with Crippen molar-refractivity contribution in [2.24, 2.45) is 0 Å². The maximum Gasteiger partial charge on any atom is 0.471 e. The van der Waals surface area contributed by atoms with Gasteiger partial charge in [-0.1, -0.05) is 17.3 Å². The highest BCUT2D eigenvalue weighted by Gasteiger charge is 2.38. The number of alkyl halides is 3. The molecule has 1 N–H and O–H groups in total. The minimum Gasteiger partial charge on any atom is -0.464 e. The maximum atomic E-state index is 12.6. The van der Waals surface area contributed by atoms with Gasteiger partial charge in [-0.3, -0.25) is 4.98 Å². The maximum absolute atomic E-state index is 12.6. The van der Waals surface area contributed by atoms with Crippen molar-refractivity contribution in [2.45, 2.75) is 26.3 Å². The molecule has 0 unspecified atom stereocenters. The Morgan fingerprint density at radius 1 is 1.19 bits per heavy atom. The topological polar surface area (TPSA) is 103 Å². The molecular weight excluding hydrogens is 417 g/mol. The lowest BCUT2D eigenvalue weighted by molar-refractivity contribution is -0.159. The molecule has 4 rings (SSSR count). The molecule has 0 fully saturated rings. The fraction of sp³-hybridized carbons (Fsp3) is 0.200. The Labute approximate surface area is 173 Å². The van der Waals surface area contributed by atoms with Crippen LogP contribution in [0.4, 0.5) is 18.0 Å². The van der Waals surface area contributed by atoms with Crippen molar-refractivity contribution in [3.63, 3.8) is 0 Å². The van der Waals surface area contributed by atoms with E-state index in [0.29, 0.717) is 16.7 Å². The molecule has 3 aromatic heterocycles. The van der Waals surface area contributed by atoms with Gasteiger partial charge in [0.1, 0.15) is 12.2 Å². The first kappa shape index (κ1) is 20.4. The number of carbonyl (C=O) groups is 1. The number of furan rings is 1. The van der Waals surface area contributed by atoms with E-state index in [1.54, 1.807) is 43.6 Å².